The number of anilines is 1. The third kappa shape index (κ3) is 5.61. The molecular formula is C12H20N5O4PS2. The Labute approximate surface area is 147 Å². The quantitative estimate of drug-likeness (QED) is 0.351. The first kappa shape index (κ1) is 19.5. The summed E-state index contributed by atoms with van der Waals surface area (Å²) in [5.74, 6) is 0.951. The normalized spacial score (nSPS) is 15.5. The lowest BCUT2D eigenvalue weighted by Gasteiger charge is -2.17. The van der Waals surface area contributed by atoms with Crippen molar-refractivity contribution in [2.24, 2.45) is 0 Å². The summed E-state index contributed by atoms with van der Waals surface area (Å²) >= 11 is 0. The van der Waals surface area contributed by atoms with Crippen LogP contribution in [0.15, 0.2) is 12.7 Å². The Morgan fingerprint density at radius 2 is 2.25 bits per heavy atom. The first-order chi connectivity index (χ1) is 11.4. The van der Waals surface area contributed by atoms with Gasteiger partial charge in [-0.25, -0.2) is 15.0 Å². The van der Waals surface area contributed by atoms with Gasteiger partial charge in [0.15, 0.2) is 11.5 Å². The minimum atomic E-state index is -3.75. The van der Waals surface area contributed by atoms with Gasteiger partial charge in [-0.2, -0.15) is 0 Å². The van der Waals surface area contributed by atoms with Crippen LogP contribution in [-0.4, -0.2) is 55.5 Å². The molecular weight excluding hydrogens is 373 g/mol. The van der Waals surface area contributed by atoms with E-state index in [1.54, 1.807) is 39.4 Å². The Kier molecular flexibility index (Phi) is 7.33. The van der Waals surface area contributed by atoms with Crippen molar-refractivity contribution >= 4 is 46.2 Å². The molecule has 134 valence electrons. The predicted octanol–water partition coefficient (Wildman–Crippen LogP) is 1.98. The Balaban J connectivity index is 1.85. The fourth-order valence-electron chi connectivity index (χ4n) is 1.92. The van der Waals surface area contributed by atoms with E-state index in [0.717, 1.165) is 0 Å². The van der Waals surface area contributed by atoms with E-state index in [1.165, 1.54) is 6.33 Å². The van der Waals surface area contributed by atoms with Gasteiger partial charge in [-0.05, 0) is 13.2 Å². The standard InChI is InChI=1S/C12H20N5O4PS2/c1-9(20-8-22(18,19)21-3-4-24-23-2)5-17-7-16-10-11(13)14-6-15-12(10)17/h6-7,9H,3-5,8H2,1-2H3,(H,18,19)(H2,13,14,15)/t9-/m1/s1. The molecule has 0 aromatic carbocycles. The van der Waals surface area contributed by atoms with E-state index in [1.807, 2.05) is 6.26 Å². The molecule has 0 amide bonds. The van der Waals surface area contributed by atoms with Crippen molar-refractivity contribution in [2.75, 3.05) is 30.7 Å². The highest BCUT2D eigenvalue weighted by molar-refractivity contribution is 8.76. The van der Waals surface area contributed by atoms with Crippen molar-refractivity contribution in [2.45, 2.75) is 19.6 Å². The number of ether oxygens (including phenoxy) is 1. The Hall–Kier alpha value is -0.840. The lowest BCUT2D eigenvalue weighted by atomic mass is 10.4. The minimum absolute atomic E-state index is 0.208. The fourth-order valence-corrected chi connectivity index (χ4v) is 3.96. The summed E-state index contributed by atoms with van der Waals surface area (Å²) < 4.78 is 24.1. The molecule has 0 saturated heterocycles. The molecule has 0 radical (unpaired) electrons. The fraction of sp³-hybridized carbons (Fsp3) is 0.583. The van der Waals surface area contributed by atoms with Crippen LogP contribution < -0.4 is 5.73 Å². The van der Waals surface area contributed by atoms with E-state index in [-0.39, 0.29) is 19.1 Å². The number of imidazole rings is 1. The number of aromatic nitrogens is 4. The van der Waals surface area contributed by atoms with Crippen molar-refractivity contribution < 1.29 is 18.7 Å². The third-order valence-corrected chi connectivity index (χ3v) is 5.82. The van der Waals surface area contributed by atoms with Crippen LogP contribution in [0.4, 0.5) is 5.82 Å². The highest BCUT2D eigenvalue weighted by Crippen LogP contribution is 2.42. The van der Waals surface area contributed by atoms with Crippen molar-refractivity contribution in [3.63, 3.8) is 0 Å². The number of nitrogens with two attached hydrogens (primary N) is 1. The van der Waals surface area contributed by atoms with Crippen LogP contribution in [0.1, 0.15) is 6.92 Å². The topological polar surface area (TPSA) is 125 Å². The molecule has 0 aliphatic heterocycles. The first-order valence-corrected chi connectivity index (χ1v) is 11.6. The smallest absolute Gasteiger partial charge is 0.353 e. The van der Waals surface area contributed by atoms with Gasteiger partial charge in [0.25, 0.3) is 0 Å². The molecule has 0 aliphatic rings. The van der Waals surface area contributed by atoms with E-state index >= 15 is 0 Å². The van der Waals surface area contributed by atoms with Crippen molar-refractivity contribution in [3.05, 3.63) is 12.7 Å². The zero-order valence-corrected chi connectivity index (χ0v) is 15.9. The lowest BCUT2D eigenvalue weighted by Crippen LogP contribution is -2.17. The Morgan fingerprint density at radius 3 is 3.00 bits per heavy atom. The number of nitrogen functional groups attached to an aromatic ring is 1. The van der Waals surface area contributed by atoms with Gasteiger partial charge in [-0.3, -0.25) is 4.57 Å². The molecule has 2 atom stereocenters. The average Bonchev–Trinajstić information content (AvgIpc) is 2.94. The van der Waals surface area contributed by atoms with Crippen LogP contribution in [0.2, 0.25) is 0 Å². The van der Waals surface area contributed by atoms with Crippen LogP contribution >= 0.6 is 29.2 Å². The maximum absolute atomic E-state index is 11.9. The summed E-state index contributed by atoms with van der Waals surface area (Å²) in [6, 6.07) is 0. The van der Waals surface area contributed by atoms with Crippen LogP contribution in [0.3, 0.4) is 0 Å². The van der Waals surface area contributed by atoms with Crippen LogP contribution in [0.5, 0.6) is 0 Å². The van der Waals surface area contributed by atoms with Crippen LogP contribution in [-0.2, 0) is 20.4 Å². The zero-order chi connectivity index (χ0) is 17.6. The Morgan fingerprint density at radius 1 is 1.46 bits per heavy atom. The third-order valence-electron chi connectivity index (χ3n) is 2.98. The van der Waals surface area contributed by atoms with Crippen LogP contribution in [0.25, 0.3) is 11.2 Å². The van der Waals surface area contributed by atoms with E-state index in [9.17, 15) is 9.46 Å². The van der Waals surface area contributed by atoms with Gasteiger partial charge in [-0.1, -0.05) is 21.6 Å². The highest BCUT2D eigenvalue weighted by atomic mass is 33.1. The number of nitrogens with zero attached hydrogens (tertiary/aromatic N) is 4. The molecule has 0 spiro atoms. The monoisotopic (exact) mass is 393 g/mol. The van der Waals surface area contributed by atoms with Crippen molar-refractivity contribution in [3.8, 4) is 0 Å². The minimum Gasteiger partial charge on any atom is -0.382 e. The van der Waals surface area contributed by atoms with E-state index in [0.29, 0.717) is 29.3 Å². The van der Waals surface area contributed by atoms with Gasteiger partial charge in [0.05, 0.1) is 25.6 Å². The molecule has 2 heterocycles. The van der Waals surface area contributed by atoms with Gasteiger partial charge >= 0.3 is 7.60 Å². The second kappa shape index (κ2) is 9.02. The zero-order valence-electron chi connectivity index (χ0n) is 13.4. The molecule has 3 N–H and O–H groups in total. The van der Waals surface area contributed by atoms with E-state index in [2.05, 4.69) is 15.0 Å². The Bertz CT molecular complexity index is 716. The van der Waals surface area contributed by atoms with Gasteiger partial charge in [0, 0.05) is 5.75 Å². The lowest BCUT2D eigenvalue weighted by molar-refractivity contribution is 0.0724. The summed E-state index contributed by atoms with van der Waals surface area (Å²) in [6.07, 6.45) is 4.20. The number of fused-ring (bicyclic) bond motifs is 1. The number of hydrogen-bond donors (Lipinski definition) is 2. The molecule has 2 aromatic heterocycles. The van der Waals surface area contributed by atoms with Gasteiger partial charge in [0.1, 0.15) is 18.2 Å². The van der Waals surface area contributed by atoms with E-state index < -0.39 is 7.60 Å². The summed E-state index contributed by atoms with van der Waals surface area (Å²) in [5, 5.41) is 0. The molecule has 2 rings (SSSR count). The summed E-state index contributed by atoms with van der Waals surface area (Å²) in [5.41, 5.74) is 6.85. The molecule has 2 aromatic rings. The predicted molar refractivity (Wildman–Crippen MR) is 96.9 cm³/mol. The van der Waals surface area contributed by atoms with Gasteiger partial charge < -0.3 is 24.5 Å². The van der Waals surface area contributed by atoms with Gasteiger partial charge in [0.2, 0.25) is 0 Å². The summed E-state index contributed by atoms with van der Waals surface area (Å²) in [4.78, 5) is 21.9. The summed E-state index contributed by atoms with van der Waals surface area (Å²) in [6.45, 7) is 2.41. The molecule has 0 aliphatic carbocycles. The molecule has 0 bridgehead atoms. The van der Waals surface area contributed by atoms with Gasteiger partial charge in [-0.15, -0.1) is 0 Å². The largest absolute Gasteiger partial charge is 0.382 e. The molecule has 0 saturated carbocycles. The molecule has 0 fully saturated rings. The highest BCUT2D eigenvalue weighted by Gasteiger charge is 2.21. The second-order valence-corrected chi connectivity index (χ2v) is 9.37. The number of rotatable bonds is 10. The van der Waals surface area contributed by atoms with E-state index in [4.69, 9.17) is 15.0 Å². The SMILES string of the molecule is CSSCCOP(=O)(O)CO[C@H](C)Cn1cnc2c(N)ncnc21. The average molecular weight is 393 g/mol. The maximum Gasteiger partial charge on any atom is 0.353 e. The van der Waals surface area contributed by atoms with Crippen LogP contribution in [0, 0.1) is 0 Å². The maximum atomic E-state index is 11.9. The molecule has 24 heavy (non-hydrogen) atoms. The summed E-state index contributed by atoms with van der Waals surface area (Å²) in [7, 11) is -0.603. The van der Waals surface area contributed by atoms with Crippen molar-refractivity contribution in [1.82, 2.24) is 19.5 Å². The number of hydrogen-bond acceptors (Lipinski definition) is 9. The second-order valence-electron chi connectivity index (χ2n) is 4.89. The first-order valence-electron chi connectivity index (χ1n) is 7.08. The molecule has 1 unspecified atom stereocenters. The molecule has 12 heteroatoms. The molecule has 9 nitrogen and oxygen atoms in total. The van der Waals surface area contributed by atoms with Crippen molar-refractivity contribution in [1.29, 1.82) is 0 Å².